The van der Waals surface area contributed by atoms with Gasteiger partial charge in [0, 0.05) is 0 Å². The Balaban J connectivity index is 2.96. The molecule has 0 fully saturated rings. The molecule has 1 unspecified atom stereocenters. The van der Waals surface area contributed by atoms with Crippen molar-refractivity contribution in [2.24, 2.45) is 11.1 Å². The van der Waals surface area contributed by atoms with Crippen molar-refractivity contribution in [2.75, 3.05) is 0 Å². The fourth-order valence-corrected chi connectivity index (χ4v) is 1.04. The standard InChI is InChI=1S/C10H15FN2/c1-10(2,3)9(12)7-5-4-6-8(11)13-7/h4-6,9H,12H2,1-3H3. The first-order valence-corrected chi connectivity index (χ1v) is 4.29. The van der Waals surface area contributed by atoms with E-state index in [1.807, 2.05) is 20.8 Å². The molecule has 0 radical (unpaired) electrons. The molecule has 2 N–H and O–H groups in total. The minimum Gasteiger partial charge on any atom is -0.322 e. The van der Waals surface area contributed by atoms with Crippen LogP contribution in [0.2, 0.25) is 0 Å². The van der Waals surface area contributed by atoms with Crippen LogP contribution in [-0.4, -0.2) is 4.98 Å². The molecule has 0 spiro atoms. The smallest absolute Gasteiger partial charge is 0.213 e. The van der Waals surface area contributed by atoms with Crippen molar-refractivity contribution < 1.29 is 4.39 Å². The van der Waals surface area contributed by atoms with Crippen LogP contribution in [0.15, 0.2) is 18.2 Å². The average Bonchev–Trinajstić information content (AvgIpc) is 2.01. The van der Waals surface area contributed by atoms with E-state index in [1.165, 1.54) is 6.07 Å². The Bertz CT molecular complexity index is 291. The van der Waals surface area contributed by atoms with Gasteiger partial charge in [0.2, 0.25) is 5.95 Å². The Morgan fingerprint density at radius 2 is 2.00 bits per heavy atom. The summed E-state index contributed by atoms with van der Waals surface area (Å²) in [6.45, 7) is 6.01. The van der Waals surface area contributed by atoms with Gasteiger partial charge in [-0.1, -0.05) is 26.8 Å². The summed E-state index contributed by atoms with van der Waals surface area (Å²) >= 11 is 0. The SMILES string of the molecule is CC(C)(C)C(N)c1cccc(F)n1. The van der Waals surface area contributed by atoms with Crippen molar-refractivity contribution in [3.8, 4) is 0 Å². The molecule has 0 saturated carbocycles. The lowest BCUT2D eigenvalue weighted by atomic mass is 9.85. The highest BCUT2D eigenvalue weighted by Crippen LogP contribution is 2.28. The second-order valence-electron chi connectivity index (χ2n) is 4.23. The van der Waals surface area contributed by atoms with Gasteiger partial charge in [0.05, 0.1) is 11.7 Å². The summed E-state index contributed by atoms with van der Waals surface area (Å²) < 4.78 is 12.7. The number of aromatic nitrogens is 1. The van der Waals surface area contributed by atoms with E-state index in [4.69, 9.17) is 5.73 Å². The van der Waals surface area contributed by atoms with E-state index in [1.54, 1.807) is 12.1 Å². The Morgan fingerprint density at radius 1 is 1.38 bits per heavy atom. The minimum atomic E-state index is -0.475. The molecular weight excluding hydrogens is 167 g/mol. The van der Waals surface area contributed by atoms with E-state index in [0.29, 0.717) is 5.69 Å². The van der Waals surface area contributed by atoms with Crippen LogP contribution in [0.4, 0.5) is 4.39 Å². The maximum absolute atomic E-state index is 12.7. The molecule has 3 heteroatoms. The third-order valence-electron chi connectivity index (χ3n) is 1.99. The number of pyridine rings is 1. The second kappa shape index (κ2) is 3.42. The van der Waals surface area contributed by atoms with E-state index in [-0.39, 0.29) is 11.5 Å². The topological polar surface area (TPSA) is 38.9 Å². The first kappa shape index (κ1) is 10.1. The summed E-state index contributed by atoms with van der Waals surface area (Å²) in [5.41, 5.74) is 6.42. The second-order valence-corrected chi connectivity index (χ2v) is 4.23. The summed E-state index contributed by atoms with van der Waals surface area (Å²) in [5, 5.41) is 0. The summed E-state index contributed by atoms with van der Waals surface area (Å²) in [6.07, 6.45) is 0. The van der Waals surface area contributed by atoms with Crippen molar-refractivity contribution in [1.29, 1.82) is 0 Å². The molecule has 0 aliphatic carbocycles. The maximum atomic E-state index is 12.7. The number of nitrogens with zero attached hydrogens (tertiary/aromatic N) is 1. The van der Waals surface area contributed by atoms with Gasteiger partial charge in [-0.2, -0.15) is 4.39 Å². The van der Waals surface area contributed by atoms with Crippen molar-refractivity contribution in [1.82, 2.24) is 4.98 Å². The highest BCUT2D eigenvalue weighted by atomic mass is 19.1. The fraction of sp³-hybridized carbons (Fsp3) is 0.500. The van der Waals surface area contributed by atoms with Gasteiger partial charge in [0.25, 0.3) is 0 Å². The molecule has 1 aromatic heterocycles. The molecule has 0 bridgehead atoms. The Hall–Kier alpha value is -0.960. The van der Waals surface area contributed by atoms with E-state index < -0.39 is 5.95 Å². The molecule has 1 heterocycles. The fourth-order valence-electron chi connectivity index (χ4n) is 1.04. The molecular formula is C10H15FN2. The van der Waals surface area contributed by atoms with Crippen LogP contribution in [-0.2, 0) is 0 Å². The van der Waals surface area contributed by atoms with Crippen molar-refractivity contribution >= 4 is 0 Å². The summed E-state index contributed by atoms with van der Waals surface area (Å²) in [4.78, 5) is 3.75. The van der Waals surface area contributed by atoms with Gasteiger partial charge in [-0.05, 0) is 17.5 Å². The predicted octanol–water partition coefficient (Wildman–Crippen LogP) is 2.27. The van der Waals surface area contributed by atoms with Crippen molar-refractivity contribution in [2.45, 2.75) is 26.8 Å². The molecule has 0 amide bonds. The quantitative estimate of drug-likeness (QED) is 0.676. The van der Waals surface area contributed by atoms with Gasteiger partial charge in [-0.25, -0.2) is 4.98 Å². The summed E-state index contributed by atoms with van der Waals surface area (Å²) in [6, 6.07) is 4.46. The first-order chi connectivity index (χ1) is 5.91. The monoisotopic (exact) mass is 182 g/mol. The van der Waals surface area contributed by atoms with Gasteiger partial charge in [-0.3, -0.25) is 0 Å². The lowest BCUT2D eigenvalue weighted by Crippen LogP contribution is -2.27. The van der Waals surface area contributed by atoms with Gasteiger partial charge < -0.3 is 5.73 Å². The number of halogens is 1. The van der Waals surface area contributed by atoms with Crippen LogP contribution >= 0.6 is 0 Å². The largest absolute Gasteiger partial charge is 0.322 e. The van der Waals surface area contributed by atoms with Crippen molar-refractivity contribution in [3.63, 3.8) is 0 Å². The molecule has 13 heavy (non-hydrogen) atoms. The number of nitrogens with two attached hydrogens (primary N) is 1. The van der Waals surface area contributed by atoms with Crippen LogP contribution in [0.5, 0.6) is 0 Å². The van der Waals surface area contributed by atoms with Crippen LogP contribution < -0.4 is 5.73 Å². The molecule has 72 valence electrons. The van der Waals surface area contributed by atoms with E-state index in [2.05, 4.69) is 4.98 Å². The third kappa shape index (κ3) is 2.49. The zero-order chi connectivity index (χ0) is 10.1. The molecule has 1 atom stereocenters. The lowest BCUT2D eigenvalue weighted by molar-refractivity contribution is 0.319. The van der Waals surface area contributed by atoms with Gasteiger partial charge >= 0.3 is 0 Å². The predicted molar refractivity (Wildman–Crippen MR) is 50.6 cm³/mol. The van der Waals surface area contributed by atoms with Gasteiger partial charge in [-0.15, -0.1) is 0 Å². The van der Waals surface area contributed by atoms with Gasteiger partial charge in [0.15, 0.2) is 0 Å². The minimum absolute atomic E-state index is 0.0964. The average molecular weight is 182 g/mol. The lowest BCUT2D eigenvalue weighted by Gasteiger charge is -2.26. The molecule has 0 aromatic carbocycles. The Morgan fingerprint density at radius 3 is 2.46 bits per heavy atom. The molecule has 0 aliphatic heterocycles. The van der Waals surface area contributed by atoms with Crippen molar-refractivity contribution in [3.05, 3.63) is 29.8 Å². The number of hydrogen-bond acceptors (Lipinski definition) is 2. The van der Waals surface area contributed by atoms with Crippen LogP contribution in [0.25, 0.3) is 0 Å². The Kier molecular flexibility index (Phi) is 2.66. The van der Waals surface area contributed by atoms with Crippen LogP contribution in [0.1, 0.15) is 32.5 Å². The Labute approximate surface area is 78.0 Å². The molecule has 0 aliphatic rings. The highest BCUT2D eigenvalue weighted by Gasteiger charge is 2.23. The zero-order valence-electron chi connectivity index (χ0n) is 8.21. The summed E-state index contributed by atoms with van der Waals surface area (Å²) in [5.74, 6) is -0.475. The molecule has 1 rings (SSSR count). The van der Waals surface area contributed by atoms with Gasteiger partial charge in [0.1, 0.15) is 0 Å². The maximum Gasteiger partial charge on any atom is 0.213 e. The molecule has 1 aromatic rings. The normalized spacial score (nSPS) is 14.2. The van der Waals surface area contributed by atoms with E-state index >= 15 is 0 Å². The number of hydrogen-bond donors (Lipinski definition) is 1. The third-order valence-corrected chi connectivity index (χ3v) is 1.99. The number of rotatable bonds is 1. The van der Waals surface area contributed by atoms with Crippen LogP contribution in [0.3, 0.4) is 0 Å². The van der Waals surface area contributed by atoms with E-state index in [0.717, 1.165) is 0 Å². The first-order valence-electron chi connectivity index (χ1n) is 4.29. The summed E-state index contributed by atoms with van der Waals surface area (Å²) in [7, 11) is 0. The van der Waals surface area contributed by atoms with E-state index in [9.17, 15) is 4.39 Å². The molecule has 2 nitrogen and oxygen atoms in total. The zero-order valence-corrected chi connectivity index (χ0v) is 8.21. The molecule has 0 saturated heterocycles. The van der Waals surface area contributed by atoms with Crippen LogP contribution in [0, 0.1) is 11.4 Å². The highest BCUT2D eigenvalue weighted by molar-refractivity contribution is 5.11.